The van der Waals surface area contributed by atoms with Crippen LogP contribution in [0.5, 0.6) is 0 Å². The molecule has 0 atom stereocenters. The van der Waals surface area contributed by atoms with Gasteiger partial charge in [0, 0.05) is 6.54 Å². The van der Waals surface area contributed by atoms with Gasteiger partial charge >= 0.3 is 0 Å². The molecule has 0 aliphatic heterocycles. The lowest BCUT2D eigenvalue weighted by Crippen LogP contribution is -2.04. The Morgan fingerprint density at radius 3 is 2.36 bits per heavy atom. The van der Waals surface area contributed by atoms with Crippen LogP contribution in [0.1, 0.15) is 6.92 Å². The third kappa shape index (κ3) is 2.19. The molecule has 78 valence electrons. The van der Waals surface area contributed by atoms with Crippen LogP contribution in [0, 0.1) is 23.3 Å². The van der Waals surface area contributed by atoms with Crippen molar-refractivity contribution in [2.24, 2.45) is 0 Å². The molecule has 1 rings (SSSR count). The summed E-state index contributed by atoms with van der Waals surface area (Å²) in [7, 11) is 0. The average Bonchev–Trinajstić information content (AvgIpc) is 2.18. The molecule has 0 saturated heterocycles. The van der Waals surface area contributed by atoms with Gasteiger partial charge in [-0.05, 0) is 18.0 Å². The zero-order valence-corrected chi connectivity index (χ0v) is 8.02. The maximum atomic E-state index is 12.9. The highest BCUT2D eigenvalue weighted by Crippen LogP contribution is 2.24. The fourth-order valence-electron chi connectivity index (χ4n) is 0.775. The van der Waals surface area contributed by atoms with Gasteiger partial charge in [-0.15, -0.1) is 0 Å². The minimum absolute atomic E-state index is 0.303. The molecule has 0 aliphatic rings. The second-order valence-corrected chi connectivity index (χ2v) is 3.33. The van der Waals surface area contributed by atoms with Gasteiger partial charge in [-0.1, -0.05) is 6.92 Å². The third-order valence-electron chi connectivity index (χ3n) is 1.40. The average molecular weight is 225 g/mol. The highest BCUT2D eigenvalue weighted by Gasteiger charge is 2.18. The molecule has 0 aliphatic carbocycles. The molecular weight excluding hydrogens is 218 g/mol. The first-order chi connectivity index (χ1) is 6.57. The minimum atomic E-state index is -1.79. The van der Waals surface area contributed by atoms with E-state index in [1.54, 1.807) is 6.92 Å². The van der Waals surface area contributed by atoms with Crippen molar-refractivity contribution >= 4 is 11.9 Å². The quantitative estimate of drug-likeness (QED) is 0.367. The fourth-order valence-corrected chi connectivity index (χ4v) is 1.42. The number of halogens is 4. The van der Waals surface area contributed by atoms with Crippen molar-refractivity contribution in [1.82, 2.24) is 4.72 Å². The van der Waals surface area contributed by atoms with Crippen molar-refractivity contribution in [1.29, 1.82) is 0 Å². The fraction of sp³-hybridized carbons (Fsp3) is 0.250. The number of benzene rings is 1. The Hall–Kier alpha value is -0.750. The second-order valence-electron chi connectivity index (χ2n) is 2.40. The molecule has 1 N–H and O–H groups in total. The van der Waals surface area contributed by atoms with Crippen LogP contribution in [0.3, 0.4) is 0 Å². The molecule has 0 aromatic heterocycles. The Morgan fingerprint density at radius 2 is 1.79 bits per heavy atom. The lowest BCUT2D eigenvalue weighted by Gasteiger charge is -2.04. The highest BCUT2D eigenvalue weighted by molar-refractivity contribution is 7.97. The summed E-state index contributed by atoms with van der Waals surface area (Å²) in [6, 6.07) is 0.612. The van der Waals surface area contributed by atoms with Gasteiger partial charge in [-0.2, -0.15) is 0 Å². The summed E-state index contributed by atoms with van der Waals surface area (Å²) >= 11 is 0.712. The highest BCUT2D eigenvalue weighted by atomic mass is 32.2. The summed E-state index contributed by atoms with van der Waals surface area (Å²) in [5.41, 5.74) is 0. The van der Waals surface area contributed by atoms with Crippen LogP contribution in [0.2, 0.25) is 0 Å². The van der Waals surface area contributed by atoms with E-state index in [2.05, 4.69) is 4.72 Å². The third-order valence-corrected chi connectivity index (χ3v) is 2.35. The molecule has 0 fully saturated rings. The van der Waals surface area contributed by atoms with E-state index in [4.69, 9.17) is 0 Å². The standard InChI is InChI=1S/C8H7F4NS/c1-2-13-14-5-3-4(9)6(10)8(12)7(5)11/h3,13H,2H2,1H3. The maximum Gasteiger partial charge on any atom is 0.198 e. The van der Waals surface area contributed by atoms with E-state index in [1.807, 2.05) is 0 Å². The summed E-state index contributed by atoms with van der Waals surface area (Å²) in [6.07, 6.45) is 0. The SMILES string of the molecule is CCNSc1cc(F)c(F)c(F)c1F. The van der Waals surface area contributed by atoms with Gasteiger partial charge in [-0.25, -0.2) is 17.6 Å². The Morgan fingerprint density at radius 1 is 1.14 bits per heavy atom. The van der Waals surface area contributed by atoms with E-state index < -0.39 is 23.3 Å². The van der Waals surface area contributed by atoms with Gasteiger partial charge in [0.05, 0.1) is 4.90 Å². The van der Waals surface area contributed by atoms with Crippen LogP contribution in [0.15, 0.2) is 11.0 Å². The summed E-state index contributed by atoms with van der Waals surface area (Å²) in [6.45, 7) is 2.23. The van der Waals surface area contributed by atoms with E-state index in [0.29, 0.717) is 24.6 Å². The van der Waals surface area contributed by atoms with Crippen molar-refractivity contribution in [3.05, 3.63) is 29.3 Å². The van der Waals surface area contributed by atoms with Crippen molar-refractivity contribution in [2.75, 3.05) is 6.54 Å². The molecular formula is C8H7F4NS. The minimum Gasteiger partial charge on any atom is -0.260 e. The normalized spacial score (nSPS) is 10.6. The van der Waals surface area contributed by atoms with Gasteiger partial charge in [0.1, 0.15) is 0 Å². The first kappa shape index (κ1) is 11.3. The summed E-state index contributed by atoms with van der Waals surface area (Å²) in [5, 5.41) is 0. The lowest BCUT2D eigenvalue weighted by atomic mass is 10.3. The number of rotatable bonds is 3. The van der Waals surface area contributed by atoms with Crippen molar-refractivity contribution in [2.45, 2.75) is 11.8 Å². The largest absolute Gasteiger partial charge is 0.260 e. The van der Waals surface area contributed by atoms with Crippen LogP contribution < -0.4 is 4.72 Å². The summed E-state index contributed by atoms with van der Waals surface area (Å²) < 4.78 is 53.3. The van der Waals surface area contributed by atoms with E-state index >= 15 is 0 Å². The molecule has 1 aromatic carbocycles. The predicted octanol–water partition coefficient (Wildman–Crippen LogP) is 2.86. The van der Waals surface area contributed by atoms with Gasteiger partial charge in [0.25, 0.3) is 0 Å². The Balaban J connectivity index is 3.06. The molecule has 1 aromatic rings. The first-order valence-electron chi connectivity index (χ1n) is 3.80. The van der Waals surface area contributed by atoms with Gasteiger partial charge in [-0.3, -0.25) is 4.72 Å². The van der Waals surface area contributed by atoms with E-state index in [9.17, 15) is 17.6 Å². The van der Waals surface area contributed by atoms with E-state index in [0.717, 1.165) is 0 Å². The Kier molecular flexibility index (Phi) is 3.77. The van der Waals surface area contributed by atoms with E-state index in [1.165, 1.54) is 0 Å². The van der Waals surface area contributed by atoms with Gasteiger partial charge in [0.15, 0.2) is 23.3 Å². The first-order valence-corrected chi connectivity index (χ1v) is 4.62. The maximum absolute atomic E-state index is 12.9. The topological polar surface area (TPSA) is 12.0 Å². The lowest BCUT2D eigenvalue weighted by molar-refractivity contribution is 0.398. The molecule has 0 spiro atoms. The monoisotopic (exact) mass is 225 g/mol. The molecule has 0 amide bonds. The van der Waals surface area contributed by atoms with Crippen LogP contribution in [0.4, 0.5) is 17.6 Å². The summed E-state index contributed by atoms with van der Waals surface area (Å²) in [4.78, 5) is -0.303. The van der Waals surface area contributed by atoms with Crippen LogP contribution in [0.25, 0.3) is 0 Å². The zero-order valence-electron chi connectivity index (χ0n) is 7.20. The van der Waals surface area contributed by atoms with Crippen LogP contribution in [-0.2, 0) is 0 Å². The molecule has 0 heterocycles. The van der Waals surface area contributed by atoms with Crippen molar-refractivity contribution in [3.63, 3.8) is 0 Å². The molecule has 0 unspecified atom stereocenters. The van der Waals surface area contributed by atoms with Gasteiger partial charge < -0.3 is 0 Å². The van der Waals surface area contributed by atoms with Gasteiger partial charge in [0.2, 0.25) is 0 Å². The van der Waals surface area contributed by atoms with Crippen molar-refractivity contribution < 1.29 is 17.6 Å². The number of hydrogen-bond acceptors (Lipinski definition) is 2. The van der Waals surface area contributed by atoms with E-state index in [-0.39, 0.29) is 4.90 Å². The van der Waals surface area contributed by atoms with Crippen LogP contribution in [-0.4, -0.2) is 6.54 Å². The molecule has 0 saturated carbocycles. The Labute approximate surface area is 82.6 Å². The number of nitrogens with one attached hydrogen (secondary N) is 1. The molecule has 6 heteroatoms. The van der Waals surface area contributed by atoms with Crippen molar-refractivity contribution in [3.8, 4) is 0 Å². The molecule has 14 heavy (non-hydrogen) atoms. The number of hydrogen-bond donors (Lipinski definition) is 1. The second kappa shape index (κ2) is 4.65. The predicted molar refractivity (Wildman–Crippen MR) is 45.8 cm³/mol. The van der Waals surface area contributed by atoms with Crippen LogP contribution >= 0.6 is 11.9 Å². The Bertz CT molecular complexity index is 343. The zero-order chi connectivity index (χ0) is 10.7. The molecule has 0 bridgehead atoms. The molecule has 1 nitrogen and oxygen atoms in total. The smallest absolute Gasteiger partial charge is 0.198 e. The molecule has 0 radical (unpaired) electrons. The summed E-state index contributed by atoms with van der Waals surface area (Å²) in [5.74, 6) is -6.35.